The Bertz CT molecular complexity index is 980. The maximum atomic E-state index is 13.0. The molecule has 0 aromatic heterocycles. The van der Waals surface area contributed by atoms with E-state index in [1.165, 1.54) is 9.87 Å². The zero-order valence-corrected chi connectivity index (χ0v) is 17.8. The second kappa shape index (κ2) is 7.97. The lowest BCUT2D eigenvalue weighted by atomic mass is 9.98. The first kappa shape index (κ1) is 19.6. The summed E-state index contributed by atoms with van der Waals surface area (Å²) in [7, 11) is -3.52. The molecule has 0 radical (unpaired) electrons. The Morgan fingerprint density at radius 3 is 2.39 bits per heavy atom. The molecule has 0 atom stereocenters. The van der Waals surface area contributed by atoms with Crippen LogP contribution in [0.25, 0.3) is 0 Å². The van der Waals surface area contributed by atoms with Crippen molar-refractivity contribution in [3.63, 3.8) is 0 Å². The average molecular weight is 464 g/mol. The van der Waals surface area contributed by atoms with Crippen LogP contribution < -0.4 is 4.74 Å². The van der Waals surface area contributed by atoms with E-state index in [0.29, 0.717) is 36.6 Å². The molecule has 2 aromatic carbocycles. The van der Waals surface area contributed by atoms with Crippen LogP contribution in [0.15, 0.2) is 51.8 Å². The molecule has 1 saturated heterocycles. The van der Waals surface area contributed by atoms with Gasteiger partial charge in [-0.25, -0.2) is 8.42 Å². The first-order chi connectivity index (χ1) is 13.4. The number of rotatable bonds is 4. The number of hydrogen-bond donors (Lipinski definition) is 0. The molecule has 0 N–H and O–H groups in total. The summed E-state index contributed by atoms with van der Waals surface area (Å²) < 4.78 is 33.8. The van der Waals surface area contributed by atoms with Crippen molar-refractivity contribution in [1.82, 2.24) is 4.31 Å². The second-order valence-electron chi connectivity index (χ2n) is 7.34. The fourth-order valence-electron chi connectivity index (χ4n) is 3.89. The summed E-state index contributed by atoms with van der Waals surface area (Å²) in [4.78, 5) is 12.8. The number of esters is 1. The van der Waals surface area contributed by atoms with Crippen molar-refractivity contribution in [2.75, 3.05) is 13.1 Å². The van der Waals surface area contributed by atoms with Gasteiger partial charge in [0.05, 0.1) is 10.8 Å². The molecular weight excluding hydrogens is 442 g/mol. The quantitative estimate of drug-likeness (QED) is 0.508. The number of benzene rings is 2. The van der Waals surface area contributed by atoms with E-state index < -0.39 is 10.0 Å². The Balaban J connectivity index is 1.39. The largest absolute Gasteiger partial charge is 0.426 e. The molecule has 1 fully saturated rings. The number of sulfonamides is 1. The molecule has 148 valence electrons. The molecule has 0 unspecified atom stereocenters. The van der Waals surface area contributed by atoms with Crippen LogP contribution in [0.5, 0.6) is 5.75 Å². The molecule has 0 saturated carbocycles. The van der Waals surface area contributed by atoms with Crippen LogP contribution >= 0.6 is 15.9 Å². The molecule has 2 aliphatic rings. The molecule has 0 spiro atoms. The van der Waals surface area contributed by atoms with E-state index in [1.807, 2.05) is 24.3 Å². The molecule has 4 rings (SSSR count). The Kier molecular flexibility index (Phi) is 5.58. The first-order valence-electron chi connectivity index (χ1n) is 9.53. The van der Waals surface area contributed by atoms with Crippen molar-refractivity contribution in [1.29, 1.82) is 0 Å². The van der Waals surface area contributed by atoms with Crippen LogP contribution in [0.2, 0.25) is 0 Å². The molecular formula is C21H22BrNO4S. The number of nitrogens with zero attached hydrogens (tertiary/aromatic N) is 1. The van der Waals surface area contributed by atoms with Crippen molar-refractivity contribution >= 4 is 31.9 Å². The minimum atomic E-state index is -3.52. The number of piperidine rings is 1. The molecule has 1 aliphatic heterocycles. The maximum absolute atomic E-state index is 13.0. The summed E-state index contributed by atoms with van der Waals surface area (Å²) in [6.07, 6.45) is 4.01. The fraction of sp³-hybridized carbons (Fsp3) is 0.381. The van der Waals surface area contributed by atoms with Crippen molar-refractivity contribution < 1.29 is 17.9 Å². The molecule has 28 heavy (non-hydrogen) atoms. The zero-order valence-electron chi connectivity index (χ0n) is 15.4. The van der Waals surface area contributed by atoms with Crippen LogP contribution in [-0.4, -0.2) is 31.8 Å². The predicted octanol–water partition coefficient (Wildman–Crippen LogP) is 3.94. The number of hydrogen-bond acceptors (Lipinski definition) is 4. The van der Waals surface area contributed by atoms with Crippen LogP contribution in [0.1, 0.15) is 30.4 Å². The van der Waals surface area contributed by atoms with Crippen molar-refractivity contribution in [2.24, 2.45) is 5.92 Å². The predicted molar refractivity (Wildman–Crippen MR) is 110 cm³/mol. The van der Waals surface area contributed by atoms with Gasteiger partial charge in [-0.05, 0) is 79.6 Å². The van der Waals surface area contributed by atoms with Crippen molar-refractivity contribution in [3.05, 3.63) is 58.1 Å². The summed E-state index contributed by atoms with van der Waals surface area (Å²) in [6, 6.07) is 12.6. The van der Waals surface area contributed by atoms with Gasteiger partial charge in [-0.3, -0.25) is 4.79 Å². The van der Waals surface area contributed by atoms with Crippen LogP contribution in [0.3, 0.4) is 0 Å². The fourth-order valence-corrected chi connectivity index (χ4v) is 5.68. The average Bonchev–Trinajstić information content (AvgIpc) is 3.17. The summed E-state index contributed by atoms with van der Waals surface area (Å²) >= 11 is 3.35. The number of ether oxygens (including phenoxy) is 1. The van der Waals surface area contributed by atoms with Gasteiger partial charge in [-0.1, -0.05) is 22.0 Å². The highest BCUT2D eigenvalue weighted by Gasteiger charge is 2.33. The SMILES string of the molecule is O=C(Oc1ccc(Br)cc1)C1CCN(S(=O)(=O)c2ccc3c(c2)CCC3)CC1. The Labute approximate surface area is 173 Å². The monoisotopic (exact) mass is 463 g/mol. The number of fused-ring (bicyclic) bond motifs is 1. The van der Waals surface area contributed by atoms with Gasteiger partial charge >= 0.3 is 5.97 Å². The standard InChI is InChI=1S/C21H22BrNO4S/c22-18-5-7-19(8-6-18)27-21(24)16-10-12-23(13-11-16)28(25,26)20-9-4-15-2-1-3-17(15)14-20/h4-9,14,16H,1-3,10-13H2. The Hall–Kier alpha value is -1.70. The molecule has 2 aromatic rings. The minimum absolute atomic E-state index is 0.282. The van der Waals surface area contributed by atoms with E-state index in [-0.39, 0.29) is 11.9 Å². The zero-order chi connectivity index (χ0) is 19.7. The highest BCUT2D eigenvalue weighted by molar-refractivity contribution is 9.10. The third kappa shape index (κ3) is 4.02. The molecule has 0 bridgehead atoms. The van der Waals surface area contributed by atoms with Gasteiger partial charge in [-0.2, -0.15) is 4.31 Å². The summed E-state index contributed by atoms with van der Waals surface area (Å²) in [5.74, 6) is -0.0755. The first-order valence-corrected chi connectivity index (χ1v) is 11.8. The van der Waals surface area contributed by atoms with Gasteiger partial charge in [-0.15, -0.1) is 0 Å². The molecule has 1 heterocycles. The number of carbonyl (C=O) groups excluding carboxylic acids is 1. The van der Waals surface area contributed by atoms with Crippen LogP contribution in [-0.2, 0) is 27.7 Å². The highest BCUT2D eigenvalue weighted by atomic mass is 79.9. The number of aryl methyl sites for hydroxylation is 2. The molecule has 5 nitrogen and oxygen atoms in total. The Morgan fingerprint density at radius 1 is 1.00 bits per heavy atom. The van der Waals surface area contributed by atoms with Gasteiger partial charge in [0, 0.05) is 17.6 Å². The van der Waals surface area contributed by atoms with Gasteiger partial charge in [0.2, 0.25) is 10.0 Å². The summed E-state index contributed by atoms with van der Waals surface area (Å²) in [5, 5.41) is 0. The second-order valence-corrected chi connectivity index (χ2v) is 10.2. The lowest BCUT2D eigenvalue weighted by Crippen LogP contribution is -2.41. The lowest BCUT2D eigenvalue weighted by Gasteiger charge is -2.30. The minimum Gasteiger partial charge on any atom is -0.426 e. The third-order valence-corrected chi connectivity index (χ3v) is 7.95. The summed E-state index contributed by atoms with van der Waals surface area (Å²) in [6.45, 7) is 0.666. The van der Waals surface area contributed by atoms with E-state index >= 15 is 0 Å². The van der Waals surface area contributed by atoms with Crippen LogP contribution in [0, 0.1) is 5.92 Å². The van der Waals surface area contributed by atoms with Gasteiger partial charge < -0.3 is 4.74 Å². The van der Waals surface area contributed by atoms with E-state index in [1.54, 1.807) is 18.2 Å². The lowest BCUT2D eigenvalue weighted by molar-refractivity contribution is -0.140. The smallest absolute Gasteiger partial charge is 0.314 e. The van der Waals surface area contributed by atoms with E-state index in [0.717, 1.165) is 29.3 Å². The number of halogens is 1. The third-order valence-electron chi connectivity index (χ3n) is 5.53. The van der Waals surface area contributed by atoms with Crippen LogP contribution in [0.4, 0.5) is 0 Å². The van der Waals surface area contributed by atoms with Crippen molar-refractivity contribution in [3.8, 4) is 5.75 Å². The van der Waals surface area contributed by atoms with E-state index in [4.69, 9.17) is 4.74 Å². The molecule has 7 heteroatoms. The highest BCUT2D eigenvalue weighted by Crippen LogP contribution is 2.29. The maximum Gasteiger partial charge on any atom is 0.314 e. The Morgan fingerprint density at radius 2 is 1.68 bits per heavy atom. The molecule has 1 aliphatic carbocycles. The summed E-state index contributed by atoms with van der Waals surface area (Å²) in [5.41, 5.74) is 2.40. The van der Waals surface area contributed by atoms with Gasteiger partial charge in [0.1, 0.15) is 5.75 Å². The van der Waals surface area contributed by atoms with E-state index in [9.17, 15) is 13.2 Å². The topological polar surface area (TPSA) is 63.7 Å². The van der Waals surface area contributed by atoms with Crippen molar-refractivity contribution in [2.45, 2.75) is 37.0 Å². The molecule has 0 amide bonds. The van der Waals surface area contributed by atoms with Gasteiger partial charge in [0.15, 0.2) is 0 Å². The van der Waals surface area contributed by atoms with E-state index in [2.05, 4.69) is 15.9 Å². The van der Waals surface area contributed by atoms with Gasteiger partial charge in [0.25, 0.3) is 0 Å². The normalized spacial score (nSPS) is 18.0. The number of carbonyl (C=O) groups is 1.